The fraction of sp³-hybridized carbons (Fsp3) is 0.176. The Labute approximate surface area is 164 Å². The lowest BCUT2D eigenvalue weighted by Gasteiger charge is -2.09. The van der Waals surface area contributed by atoms with Gasteiger partial charge in [-0.2, -0.15) is 0 Å². The Morgan fingerprint density at radius 1 is 1.07 bits per heavy atom. The summed E-state index contributed by atoms with van der Waals surface area (Å²) < 4.78 is 27.4. The van der Waals surface area contributed by atoms with Crippen LogP contribution >= 0.6 is 11.3 Å². The lowest BCUT2D eigenvalue weighted by atomic mass is 10.3. The highest BCUT2D eigenvalue weighted by Crippen LogP contribution is 2.18. The average molecular weight is 419 g/mol. The van der Waals surface area contributed by atoms with Gasteiger partial charge >= 0.3 is 4.87 Å². The van der Waals surface area contributed by atoms with Crippen molar-refractivity contribution in [3.8, 4) is 0 Å². The molecule has 1 aromatic carbocycles. The van der Waals surface area contributed by atoms with Crippen LogP contribution in [0, 0.1) is 20.8 Å². The molecule has 0 saturated carbocycles. The Balaban J connectivity index is 1.76. The van der Waals surface area contributed by atoms with Crippen LogP contribution in [0.25, 0.3) is 0 Å². The van der Waals surface area contributed by atoms with Crippen LogP contribution in [0.15, 0.2) is 40.0 Å². The second-order valence-corrected chi connectivity index (χ2v) is 8.69. The fourth-order valence-corrected chi connectivity index (χ4v) is 4.16. The van der Waals surface area contributed by atoms with Crippen LogP contribution in [0.5, 0.6) is 0 Å². The van der Waals surface area contributed by atoms with Gasteiger partial charge < -0.3 is 10.3 Å². The number of sulfonamides is 1. The summed E-state index contributed by atoms with van der Waals surface area (Å²) in [7, 11) is -3.88. The van der Waals surface area contributed by atoms with Crippen LogP contribution < -0.4 is 14.9 Å². The van der Waals surface area contributed by atoms with Crippen molar-refractivity contribution in [3.63, 3.8) is 0 Å². The van der Waals surface area contributed by atoms with Gasteiger partial charge in [0.15, 0.2) is 0 Å². The summed E-state index contributed by atoms with van der Waals surface area (Å²) in [5.74, 6) is -0.453. The summed E-state index contributed by atoms with van der Waals surface area (Å²) in [4.78, 5) is 34.2. The first-order valence-corrected chi connectivity index (χ1v) is 10.4. The number of aryl methyl sites for hydroxylation is 3. The van der Waals surface area contributed by atoms with Gasteiger partial charge in [0.1, 0.15) is 4.88 Å². The molecule has 0 radical (unpaired) electrons. The number of H-pyrrole nitrogens is 1. The summed E-state index contributed by atoms with van der Waals surface area (Å²) in [5, 5.41) is 2.63. The van der Waals surface area contributed by atoms with Gasteiger partial charge in [-0.15, -0.1) is 0 Å². The number of aromatic amines is 1. The number of hydrogen-bond acceptors (Lipinski definition) is 7. The Kier molecular flexibility index (Phi) is 5.29. The van der Waals surface area contributed by atoms with E-state index in [9.17, 15) is 18.0 Å². The molecule has 0 aliphatic rings. The van der Waals surface area contributed by atoms with Gasteiger partial charge in [0.05, 0.1) is 4.90 Å². The molecule has 0 spiro atoms. The molecule has 28 heavy (non-hydrogen) atoms. The molecule has 3 N–H and O–H groups in total. The zero-order chi connectivity index (χ0) is 20.5. The maximum Gasteiger partial charge on any atom is 0.305 e. The smallest absolute Gasteiger partial charge is 0.305 e. The van der Waals surface area contributed by atoms with Gasteiger partial charge in [0.25, 0.3) is 15.9 Å². The molecule has 0 aliphatic heterocycles. The number of thiazole rings is 1. The molecule has 146 valence electrons. The van der Waals surface area contributed by atoms with E-state index in [1.807, 2.05) is 0 Å². The maximum atomic E-state index is 12.5. The summed E-state index contributed by atoms with van der Waals surface area (Å²) >= 11 is 0.810. The van der Waals surface area contributed by atoms with Gasteiger partial charge in [-0.3, -0.25) is 9.59 Å². The average Bonchev–Trinajstić information content (AvgIpc) is 2.92. The second-order valence-electron chi connectivity index (χ2n) is 6.03. The van der Waals surface area contributed by atoms with Crippen molar-refractivity contribution < 1.29 is 13.2 Å². The maximum absolute atomic E-state index is 12.5. The molecule has 0 fully saturated rings. The monoisotopic (exact) mass is 419 g/mol. The van der Waals surface area contributed by atoms with Crippen LogP contribution in [-0.4, -0.2) is 29.3 Å². The van der Waals surface area contributed by atoms with Crippen LogP contribution in [0.4, 0.5) is 11.6 Å². The summed E-state index contributed by atoms with van der Waals surface area (Å²) in [6.07, 6.45) is 0. The molecule has 11 heteroatoms. The molecule has 3 aromatic rings. The molecule has 0 saturated heterocycles. The molecule has 0 atom stereocenters. The minimum atomic E-state index is -3.88. The standard InChI is InChI=1S/C17H17N5O4S2/c1-9-8-10(2)19-16(18-9)22-28(25,26)13-6-4-12(5-7-13)21-15(23)14-11(3)20-17(24)27-14/h4-8H,1-3H3,(H,20,24)(H,21,23)(H,18,19,22). The predicted octanol–water partition coefficient (Wildman–Crippen LogP) is 2.20. The van der Waals surface area contributed by atoms with Gasteiger partial charge in [-0.1, -0.05) is 11.3 Å². The number of amides is 1. The third kappa shape index (κ3) is 4.43. The number of rotatable bonds is 5. The largest absolute Gasteiger partial charge is 0.321 e. The van der Waals surface area contributed by atoms with Gasteiger partial charge in [0.2, 0.25) is 5.95 Å². The summed E-state index contributed by atoms with van der Waals surface area (Å²) in [5.41, 5.74) is 2.16. The number of nitrogens with zero attached hydrogens (tertiary/aromatic N) is 2. The molecule has 0 bridgehead atoms. The van der Waals surface area contributed by atoms with E-state index in [0.717, 1.165) is 11.3 Å². The molecule has 2 aromatic heterocycles. The van der Waals surface area contributed by atoms with Crippen molar-refractivity contribution in [1.82, 2.24) is 15.0 Å². The number of benzene rings is 1. The van der Waals surface area contributed by atoms with Gasteiger partial charge in [-0.25, -0.2) is 23.1 Å². The van der Waals surface area contributed by atoms with E-state index < -0.39 is 15.9 Å². The molecule has 1 amide bonds. The van der Waals surface area contributed by atoms with E-state index in [1.165, 1.54) is 24.3 Å². The highest BCUT2D eigenvalue weighted by molar-refractivity contribution is 7.92. The first-order chi connectivity index (χ1) is 13.1. The molecule has 0 unspecified atom stereocenters. The zero-order valence-electron chi connectivity index (χ0n) is 15.2. The number of nitrogens with one attached hydrogen (secondary N) is 3. The van der Waals surface area contributed by atoms with Crippen LogP contribution in [0.3, 0.4) is 0 Å². The van der Waals surface area contributed by atoms with E-state index in [4.69, 9.17) is 0 Å². The lowest BCUT2D eigenvalue weighted by molar-refractivity contribution is 0.103. The van der Waals surface area contributed by atoms with E-state index >= 15 is 0 Å². The third-order valence-corrected chi connectivity index (χ3v) is 5.99. The van der Waals surface area contributed by atoms with Crippen molar-refractivity contribution >= 4 is 38.9 Å². The van der Waals surface area contributed by atoms with Crippen LogP contribution in [0.2, 0.25) is 0 Å². The number of carbonyl (C=O) groups is 1. The van der Waals surface area contributed by atoms with Gasteiger partial charge in [-0.05, 0) is 51.1 Å². The van der Waals surface area contributed by atoms with Crippen LogP contribution in [0.1, 0.15) is 26.8 Å². The molecule has 2 heterocycles. The third-order valence-electron chi connectivity index (χ3n) is 3.66. The molecule has 9 nitrogen and oxygen atoms in total. The quantitative estimate of drug-likeness (QED) is 0.580. The van der Waals surface area contributed by atoms with Crippen molar-refractivity contribution in [1.29, 1.82) is 0 Å². The molecular formula is C17H17N5O4S2. The SMILES string of the molecule is Cc1cc(C)nc(NS(=O)(=O)c2ccc(NC(=O)c3sc(=O)[nH]c3C)cc2)n1. The van der Waals surface area contributed by atoms with Gasteiger partial charge in [0, 0.05) is 22.8 Å². The second kappa shape index (κ2) is 7.52. The Morgan fingerprint density at radius 2 is 1.68 bits per heavy atom. The number of hydrogen-bond donors (Lipinski definition) is 3. The van der Waals surface area contributed by atoms with E-state index in [0.29, 0.717) is 22.8 Å². The zero-order valence-corrected chi connectivity index (χ0v) is 16.9. The minimum Gasteiger partial charge on any atom is -0.321 e. The van der Waals surface area contributed by atoms with Crippen LogP contribution in [-0.2, 0) is 10.0 Å². The topological polar surface area (TPSA) is 134 Å². The fourth-order valence-electron chi connectivity index (χ4n) is 2.48. The van der Waals surface area contributed by atoms with Crippen molar-refractivity contribution in [3.05, 3.63) is 62.0 Å². The summed E-state index contributed by atoms with van der Waals surface area (Å²) in [6, 6.07) is 7.36. The lowest BCUT2D eigenvalue weighted by Crippen LogP contribution is -2.16. The first kappa shape index (κ1) is 19.7. The first-order valence-electron chi connectivity index (χ1n) is 8.10. The predicted molar refractivity (Wildman–Crippen MR) is 106 cm³/mol. The van der Waals surface area contributed by atoms with E-state index in [2.05, 4.69) is 25.0 Å². The molecule has 0 aliphatic carbocycles. The molecular weight excluding hydrogens is 402 g/mol. The Bertz CT molecular complexity index is 1180. The number of anilines is 2. The summed E-state index contributed by atoms with van der Waals surface area (Å²) in [6.45, 7) is 5.11. The highest BCUT2D eigenvalue weighted by Gasteiger charge is 2.17. The van der Waals surface area contributed by atoms with E-state index in [1.54, 1.807) is 26.8 Å². The van der Waals surface area contributed by atoms with Crippen molar-refractivity contribution in [2.24, 2.45) is 0 Å². The highest BCUT2D eigenvalue weighted by atomic mass is 32.2. The molecule has 3 rings (SSSR count). The van der Waals surface area contributed by atoms with Crippen molar-refractivity contribution in [2.45, 2.75) is 25.7 Å². The van der Waals surface area contributed by atoms with Crippen molar-refractivity contribution in [2.75, 3.05) is 10.0 Å². The minimum absolute atomic E-state index is 0.00394. The number of aromatic nitrogens is 3. The Hall–Kier alpha value is -3.05. The number of carbonyl (C=O) groups excluding carboxylic acids is 1. The van der Waals surface area contributed by atoms with E-state index in [-0.39, 0.29) is 20.6 Å². The Morgan fingerprint density at radius 3 is 2.21 bits per heavy atom. The normalized spacial score (nSPS) is 11.2.